The number of nitrogens with one attached hydrogen (secondary N) is 2. The van der Waals surface area contributed by atoms with Crippen LogP contribution < -0.4 is 14.9 Å². The highest BCUT2D eigenvalue weighted by Crippen LogP contribution is 2.21. The summed E-state index contributed by atoms with van der Waals surface area (Å²) >= 11 is 0. The standard InChI is InChI=1S/C23H22FN3O4S/c24-21-3-1-2-4-22(21)26-32(29,30)20-11-5-17(6-12-20)23(28)25-18-7-9-19(10-8-18)27-13-15-31-16-14-27/h1-12,26H,13-16H2,(H,25,28). The van der Waals surface area contributed by atoms with Gasteiger partial charge in [-0.15, -0.1) is 0 Å². The zero-order valence-corrected chi connectivity index (χ0v) is 17.9. The van der Waals surface area contributed by atoms with Crippen LogP contribution >= 0.6 is 0 Å². The van der Waals surface area contributed by atoms with E-state index in [0.29, 0.717) is 24.5 Å². The molecule has 0 atom stereocenters. The number of nitrogens with zero attached hydrogens (tertiary/aromatic N) is 1. The number of sulfonamides is 1. The van der Waals surface area contributed by atoms with Crippen LogP contribution in [-0.2, 0) is 14.8 Å². The highest BCUT2D eigenvalue weighted by Gasteiger charge is 2.17. The number of anilines is 3. The van der Waals surface area contributed by atoms with Crippen molar-refractivity contribution in [1.82, 2.24) is 0 Å². The lowest BCUT2D eigenvalue weighted by atomic mass is 10.2. The molecule has 4 rings (SSSR count). The van der Waals surface area contributed by atoms with Gasteiger partial charge in [-0.3, -0.25) is 9.52 Å². The van der Waals surface area contributed by atoms with E-state index in [-0.39, 0.29) is 16.5 Å². The largest absolute Gasteiger partial charge is 0.378 e. The molecule has 1 aliphatic rings. The van der Waals surface area contributed by atoms with Gasteiger partial charge >= 0.3 is 0 Å². The minimum absolute atomic E-state index is 0.0767. The molecule has 0 aliphatic carbocycles. The fraction of sp³-hybridized carbons (Fsp3) is 0.174. The van der Waals surface area contributed by atoms with Crippen LogP contribution in [0.3, 0.4) is 0 Å². The van der Waals surface area contributed by atoms with E-state index < -0.39 is 15.8 Å². The Kier molecular flexibility index (Phi) is 6.38. The van der Waals surface area contributed by atoms with Crippen LogP contribution in [0.2, 0.25) is 0 Å². The van der Waals surface area contributed by atoms with E-state index in [1.165, 1.54) is 48.5 Å². The topological polar surface area (TPSA) is 87.7 Å². The molecular formula is C23H22FN3O4S. The van der Waals surface area contributed by atoms with Crippen LogP contribution in [0.25, 0.3) is 0 Å². The molecule has 2 N–H and O–H groups in total. The molecule has 7 nitrogen and oxygen atoms in total. The summed E-state index contributed by atoms with van der Waals surface area (Å²) < 4.78 is 46.3. The minimum atomic E-state index is -3.99. The second-order valence-corrected chi connectivity index (χ2v) is 8.89. The molecule has 9 heteroatoms. The Morgan fingerprint density at radius 3 is 2.22 bits per heavy atom. The van der Waals surface area contributed by atoms with Crippen LogP contribution in [0.1, 0.15) is 10.4 Å². The fourth-order valence-electron chi connectivity index (χ4n) is 3.31. The van der Waals surface area contributed by atoms with Crippen LogP contribution in [0.15, 0.2) is 77.7 Å². The molecule has 1 fully saturated rings. The first-order valence-electron chi connectivity index (χ1n) is 10.0. The smallest absolute Gasteiger partial charge is 0.261 e. The van der Waals surface area contributed by atoms with Crippen molar-refractivity contribution in [3.05, 3.63) is 84.2 Å². The maximum atomic E-state index is 13.8. The van der Waals surface area contributed by atoms with Gasteiger partial charge in [0.25, 0.3) is 15.9 Å². The Balaban J connectivity index is 1.41. The number of benzene rings is 3. The Morgan fingerprint density at radius 1 is 0.906 bits per heavy atom. The molecule has 1 heterocycles. The number of rotatable bonds is 6. The van der Waals surface area contributed by atoms with E-state index in [4.69, 9.17) is 4.74 Å². The summed E-state index contributed by atoms with van der Waals surface area (Å²) in [7, 11) is -3.99. The summed E-state index contributed by atoms with van der Waals surface area (Å²) in [5.41, 5.74) is 1.84. The molecule has 0 saturated carbocycles. The van der Waals surface area contributed by atoms with Gasteiger partial charge in [0.1, 0.15) is 5.82 Å². The van der Waals surface area contributed by atoms with Crippen molar-refractivity contribution in [3.8, 4) is 0 Å². The molecule has 1 aliphatic heterocycles. The normalized spacial score (nSPS) is 14.1. The molecule has 32 heavy (non-hydrogen) atoms. The van der Waals surface area contributed by atoms with Crippen molar-refractivity contribution in [1.29, 1.82) is 0 Å². The van der Waals surface area contributed by atoms with Gasteiger partial charge < -0.3 is 15.0 Å². The van der Waals surface area contributed by atoms with E-state index >= 15 is 0 Å². The molecule has 1 saturated heterocycles. The molecule has 3 aromatic carbocycles. The summed E-state index contributed by atoms with van der Waals surface area (Å²) in [6, 6.07) is 18.4. The predicted octanol–water partition coefficient (Wildman–Crippen LogP) is 3.72. The minimum Gasteiger partial charge on any atom is -0.378 e. The Labute approximate surface area is 185 Å². The molecule has 1 amide bonds. The van der Waals surface area contributed by atoms with Crippen LogP contribution in [0.4, 0.5) is 21.5 Å². The number of hydrogen-bond acceptors (Lipinski definition) is 5. The molecule has 3 aromatic rings. The highest BCUT2D eigenvalue weighted by atomic mass is 32.2. The van der Waals surface area contributed by atoms with Crippen LogP contribution in [0, 0.1) is 5.82 Å². The van der Waals surface area contributed by atoms with Crippen LogP contribution in [-0.4, -0.2) is 40.6 Å². The van der Waals surface area contributed by atoms with Gasteiger partial charge in [0.05, 0.1) is 23.8 Å². The van der Waals surface area contributed by atoms with Crippen molar-refractivity contribution < 1.29 is 22.3 Å². The first-order valence-corrected chi connectivity index (χ1v) is 11.5. The number of carbonyl (C=O) groups excluding carboxylic acids is 1. The van der Waals surface area contributed by atoms with Crippen molar-refractivity contribution in [2.75, 3.05) is 41.2 Å². The summed E-state index contributed by atoms with van der Waals surface area (Å²) in [4.78, 5) is 14.7. The Hall–Kier alpha value is -3.43. The van der Waals surface area contributed by atoms with E-state index in [2.05, 4.69) is 14.9 Å². The average Bonchev–Trinajstić information content (AvgIpc) is 2.81. The number of amides is 1. The lowest BCUT2D eigenvalue weighted by molar-refractivity contribution is 0.102. The number of halogens is 1. The summed E-state index contributed by atoms with van der Waals surface area (Å²) in [6.07, 6.45) is 0. The maximum absolute atomic E-state index is 13.8. The summed E-state index contributed by atoms with van der Waals surface area (Å²) in [5.74, 6) is -1.04. The highest BCUT2D eigenvalue weighted by molar-refractivity contribution is 7.92. The third-order valence-corrected chi connectivity index (χ3v) is 6.43. The van der Waals surface area contributed by atoms with E-state index in [9.17, 15) is 17.6 Å². The van der Waals surface area contributed by atoms with Gasteiger partial charge in [0.2, 0.25) is 0 Å². The molecule has 0 bridgehead atoms. The third-order valence-electron chi connectivity index (χ3n) is 5.05. The monoisotopic (exact) mass is 455 g/mol. The number of para-hydroxylation sites is 1. The second kappa shape index (κ2) is 9.37. The van der Waals surface area contributed by atoms with Gasteiger partial charge in [0, 0.05) is 30.0 Å². The van der Waals surface area contributed by atoms with Crippen molar-refractivity contribution in [2.45, 2.75) is 4.90 Å². The van der Waals surface area contributed by atoms with Gasteiger partial charge in [-0.05, 0) is 60.7 Å². The molecule has 0 radical (unpaired) electrons. The van der Waals surface area contributed by atoms with Crippen molar-refractivity contribution in [2.24, 2.45) is 0 Å². The molecule has 0 unspecified atom stereocenters. The zero-order chi connectivity index (χ0) is 22.6. The predicted molar refractivity (Wildman–Crippen MR) is 121 cm³/mol. The Morgan fingerprint density at radius 2 is 1.56 bits per heavy atom. The van der Waals surface area contributed by atoms with Gasteiger partial charge in [-0.2, -0.15) is 0 Å². The molecule has 0 spiro atoms. The SMILES string of the molecule is O=C(Nc1ccc(N2CCOCC2)cc1)c1ccc(S(=O)(=O)Nc2ccccc2F)cc1. The van der Waals surface area contributed by atoms with E-state index in [1.807, 2.05) is 24.3 Å². The van der Waals surface area contributed by atoms with Crippen LogP contribution in [0.5, 0.6) is 0 Å². The molecule has 0 aromatic heterocycles. The molecule has 166 valence electrons. The summed E-state index contributed by atoms with van der Waals surface area (Å²) in [6.45, 7) is 3.04. The number of morpholine rings is 1. The summed E-state index contributed by atoms with van der Waals surface area (Å²) in [5, 5.41) is 2.80. The first kappa shape index (κ1) is 21.8. The van der Waals surface area contributed by atoms with Crippen molar-refractivity contribution in [3.63, 3.8) is 0 Å². The quantitative estimate of drug-likeness (QED) is 0.592. The number of hydrogen-bond donors (Lipinski definition) is 2. The van der Waals surface area contributed by atoms with Gasteiger partial charge in [-0.25, -0.2) is 12.8 Å². The Bertz CT molecular complexity index is 1190. The number of ether oxygens (including phenoxy) is 1. The lowest BCUT2D eigenvalue weighted by Gasteiger charge is -2.28. The second-order valence-electron chi connectivity index (χ2n) is 7.21. The van der Waals surface area contributed by atoms with Crippen molar-refractivity contribution >= 4 is 33.0 Å². The fourth-order valence-corrected chi connectivity index (χ4v) is 4.38. The van der Waals surface area contributed by atoms with E-state index in [1.54, 1.807) is 0 Å². The molecular weight excluding hydrogens is 433 g/mol. The number of carbonyl (C=O) groups is 1. The van der Waals surface area contributed by atoms with Gasteiger partial charge in [-0.1, -0.05) is 12.1 Å². The van der Waals surface area contributed by atoms with Gasteiger partial charge in [0.15, 0.2) is 0 Å². The van der Waals surface area contributed by atoms with E-state index in [0.717, 1.165) is 18.8 Å². The first-order chi connectivity index (χ1) is 15.4. The average molecular weight is 456 g/mol. The maximum Gasteiger partial charge on any atom is 0.261 e. The third kappa shape index (κ3) is 5.06. The zero-order valence-electron chi connectivity index (χ0n) is 17.1. The lowest BCUT2D eigenvalue weighted by Crippen LogP contribution is -2.36.